The van der Waals surface area contributed by atoms with Crippen LogP contribution in [0.3, 0.4) is 0 Å². The first-order chi connectivity index (χ1) is 8.18. The van der Waals surface area contributed by atoms with Gasteiger partial charge in [-0.3, -0.25) is 4.79 Å². The molecule has 0 bridgehead atoms. The number of hydrogen-bond donors (Lipinski definition) is 0. The molecule has 0 aliphatic carbocycles. The van der Waals surface area contributed by atoms with Gasteiger partial charge in [-0.15, -0.1) is 0 Å². The minimum atomic E-state index is -0.0260. The van der Waals surface area contributed by atoms with Crippen molar-refractivity contribution in [2.75, 3.05) is 24.6 Å². The summed E-state index contributed by atoms with van der Waals surface area (Å²) in [5.74, 6) is 2.09. The van der Waals surface area contributed by atoms with Crippen LogP contribution in [-0.2, 0) is 0 Å². The van der Waals surface area contributed by atoms with Crippen molar-refractivity contribution in [1.82, 2.24) is 9.88 Å². The maximum absolute atomic E-state index is 12.2. The number of amides is 1. The van der Waals surface area contributed by atoms with Crippen LogP contribution in [0, 0.1) is 0 Å². The van der Waals surface area contributed by atoms with Gasteiger partial charge < -0.3 is 4.90 Å². The molecule has 2 rings (SSSR count). The lowest BCUT2D eigenvalue weighted by Gasteiger charge is -2.19. The molecule has 1 amide bonds. The van der Waals surface area contributed by atoms with Crippen LogP contribution >= 0.6 is 39.3 Å². The number of pyridine rings is 1. The Bertz CT molecular complexity index is 422. The van der Waals surface area contributed by atoms with Gasteiger partial charge in [-0.2, -0.15) is 11.8 Å². The molecular formula is C11H12BrClN2OS. The summed E-state index contributed by atoms with van der Waals surface area (Å²) in [6.07, 6.45) is 2.61. The third-order valence-electron chi connectivity index (χ3n) is 2.54. The molecule has 3 nitrogen and oxygen atoms in total. The van der Waals surface area contributed by atoms with Gasteiger partial charge in [0.1, 0.15) is 5.69 Å². The summed E-state index contributed by atoms with van der Waals surface area (Å²) < 4.78 is 0.710. The third kappa shape index (κ3) is 3.36. The maximum Gasteiger partial charge on any atom is 0.272 e. The van der Waals surface area contributed by atoms with E-state index in [1.807, 2.05) is 16.7 Å². The Kier molecular flexibility index (Phi) is 4.70. The largest absolute Gasteiger partial charge is 0.336 e. The summed E-state index contributed by atoms with van der Waals surface area (Å²) in [5, 5.41) is 0.521. The van der Waals surface area contributed by atoms with Crippen molar-refractivity contribution in [1.29, 1.82) is 0 Å². The zero-order chi connectivity index (χ0) is 12.3. The van der Waals surface area contributed by atoms with Gasteiger partial charge in [0, 0.05) is 25.0 Å². The molecule has 6 heteroatoms. The summed E-state index contributed by atoms with van der Waals surface area (Å²) in [7, 11) is 0. The molecule has 0 radical (unpaired) electrons. The van der Waals surface area contributed by atoms with E-state index in [0.29, 0.717) is 15.2 Å². The van der Waals surface area contributed by atoms with Gasteiger partial charge in [-0.05, 0) is 34.2 Å². The zero-order valence-electron chi connectivity index (χ0n) is 9.16. The van der Waals surface area contributed by atoms with E-state index in [2.05, 4.69) is 20.9 Å². The predicted molar refractivity (Wildman–Crippen MR) is 74.8 cm³/mol. The van der Waals surface area contributed by atoms with Crippen LogP contribution in [0.1, 0.15) is 16.9 Å². The molecule has 17 heavy (non-hydrogen) atoms. The van der Waals surface area contributed by atoms with E-state index < -0.39 is 0 Å². The second kappa shape index (κ2) is 6.07. The number of aromatic nitrogens is 1. The van der Waals surface area contributed by atoms with E-state index >= 15 is 0 Å². The fraction of sp³-hybridized carbons (Fsp3) is 0.455. The Morgan fingerprint density at radius 1 is 1.47 bits per heavy atom. The Labute approximate surface area is 118 Å². The van der Waals surface area contributed by atoms with Crippen molar-refractivity contribution in [3.8, 4) is 0 Å². The van der Waals surface area contributed by atoms with Gasteiger partial charge in [0.2, 0.25) is 0 Å². The monoisotopic (exact) mass is 334 g/mol. The highest BCUT2D eigenvalue weighted by molar-refractivity contribution is 9.10. The Hall–Kier alpha value is -0.260. The third-order valence-corrected chi connectivity index (χ3v) is 4.76. The van der Waals surface area contributed by atoms with Gasteiger partial charge >= 0.3 is 0 Å². The highest BCUT2D eigenvalue weighted by atomic mass is 79.9. The number of rotatable bonds is 1. The highest BCUT2D eigenvalue weighted by Crippen LogP contribution is 2.22. The smallest absolute Gasteiger partial charge is 0.272 e. The quantitative estimate of drug-likeness (QED) is 0.791. The molecule has 0 aromatic carbocycles. The van der Waals surface area contributed by atoms with Gasteiger partial charge in [0.15, 0.2) is 0 Å². The van der Waals surface area contributed by atoms with Crippen molar-refractivity contribution >= 4 is 45.2 Å². The minimum Gasteiger partial charge on any atom is -0.336 e. The van der Waals surface area contributed by atoms with E-state index in [-0.39, 0.29) is 5.91 Å². The molecule has 1 fully saturated rings. The van der Waals surface area contributed by atoms with Crippen LogP contribution in [0.15, 0.2) is 16.7 Å². The molecule has 1 aliphatic rings. The van der Waals surface area contributed by atoms with Crippen LogP contribution < -0.4 is 0 Å². The first-order valence-electron chi connectivity index (χ1n) is 5.36. The van der Waals surface area contributed by atoms with E-state index in [0.717, 1.165) is 31.0 Å². The molecule has 1 aromatic rings. The molecule has 0 saturated carbocycles. The van der Waals surface area contributed by atoms with Gasteiger partial charge in [0.25, 0.3) is 5.91 Å². The van der Waals surface area contributed by atoms with E-state index in [9.17, 15) is 4.79 Å². The van der Waals surface area contributed by atoms with Crippen molar-refractivity contribution < 1.29 is 4.79 Å². The van der Waals surface area contributed by atoms with Crippen molar-refractivity contribution in [2.24, 2.45) is 0 Å². The fourth-order valence-corrected chi connectivity index (χ4v) is 2.90. The molecule has 0 spiro atoms. The number of carbonyl (C=O) groups is 1. The normalized spacial score (nSPS) is 16.7. The maximum atomic E-state index is 12.2. The first kappa shape index (κ1) is 13.2. The first-order valence-corrected chi connectivity index (χ1v) is 7.69. The molecule has 1 aliphatic heterocycles. The minimum absolute atomic E-state index is 0.0260. The van der Waals surface area contributed by atoms with Crippen LogP contribution in [0.4, 0.5) is 0 Å². The number of carbonyl (C=O) groups excluding carboxylic acids is 1. The Balaban J connectivity index is 2.14. The number of nitrogens with zero attached hydrogens (tertiary/aromatic N) is 2. The van der Waals surface area contributed by atoms with Crippen LogP contribution in [0.2, 0.25) is 5.02 Å². The van der Waals surface area contributed by atoms with Crippen LogP contribution in [0.25, 0.3) is 0 Å². The summed E-state index contributed by atoms with van der Waals surface area (Å²) >= 11 is 11.1. The average molecular weight is 336 g/mol. The molecule has 0 atom stereocenters. The molecule has 2 heterocycles. The lowest BCUT2D eigenvalue weighted by atomic mass is 10.3. The molecule has 1 saturated heterocycles. The lowest BCUT2D eigenvalue weighted by Crippen LogP contribution is -2.33. The summed E-state index contributed by atoms with van der Waals surface area (Å²) in [4.78, 5) is 18.2. The summed E-state index contributed by atoms with van der Waals surface area (Å²) in [6.45, 7) is 1.60. The zero-order valence-corrected chi connectivity index (χ0v) is 12.3. The Morgan fingerprint density at radius 2 is 2.29 bits per heavy atom. The lowest BCUT2D eigenvalue weighted by molar-refractivity contribution is 0.0762. The number of halogens is 2. The summed E-state index contributed by atoms with van der Waals surface area (Å²) in [5.41, 5.74) is 0.421. The molecule has 0 N–H and O–H groups in total. The van der Waals surface area contributed by atoms with Crippen molar-refractivity contribution in [2.45, 2.75) is 6.42 Å². The van der Waals surface area contributed by atoms with Crippen LogP contribution in [0.5, 0.6) is 0 Å². The number of thioether (sulfide) groups is 1. The van der Waals surface area contributed by atoms with Crippen LogP contribution in [-0.4, -0.2) is 40.4 Å². The second-order valence-electron chi connectivity index (χ2n) is 3.74. The van der Waals surface area contributed by atoms with Gasteiger partial charge in [-0.1, -0.05) is 11.6 Å². The molecule has 0 unspecified atom stereocenters. The fourth-order valence-electron chi connectivity index (χ4n) is 1.64. The van der Waals surface area contributed by atoms with Gasteiger partial charge in [-0.25, -0.2) is 4.98 Å². The highest BCUT2D eigenvalue weighted by Gasteiger charge is 2.19. The topological polar surface area (TPSA) is 33.2 Å². The molecule has 1 aromatic heterocycles. The SMILES string of the molecule is O=C(c1cc(Cl)c(Br)cn1)N1CCCSCC1. The summed E-state index contributed by atoms with van der Waals surface area (Å²) in [6, 6.07) is 1.62. The average Bonchev–Trinajstić information content (AvgIpc) is 2.60. The standard InChI is InChI=1S/C11H12BrClN2OS/c12-8-7-14-10(6-9(8)13)11(16)15-2-1-4-17-5-3-15/h6-7H,1-5H2. The molecule has 92 valence electrons. The molecular weight excluding hydrogens is 324 g/mol. The predicted octanol–water partition coefficient (Wildman–Crippen LogP) is 3.08. The van der Waals surface area contributed by atoms with E-state index in [1.54, 1.807) is 12.3 Å². The van der Waals surface area contributed by atoms with E-state index in [1.165, 1.54) is 0 Å². The van der Waals surface area contributed by atoms with Crippen molar-refractivity contribution in [3.05, 3.63) is 27.5 Å². The van der Waals surface area contributed by atoms with E-state index in [4.69, 9.17) is 11.6 Å². The van der Waals surface area contributed by atoms with Crippen molar-refractivity contribution in [3.63, 3.8) is 0 Å². The Morgan fingerprint density at radius 3 is 3.06 bits per heavy atom. The second-order valence-corrected chi connectivity index (χ2v) is 6.23. The number of hydrogen-bond acceptors (Lipinski definition) is 3. The van der Waals surface area contributed by atoms with Gasteiger partial charge in [0.05, 0.1) is 9.50 Å².